The van der Waals surface area contributed by atoms with Gasteiger partial charge in [0.15, 0.2) is 0 Å². The van der Waals surface area contributed by atoms with Crippen molar-refractivity contribution in [3.05, 3.63) is 41.4 Å². The number of thiazole rings is 1. The van der Waals surface area contributed by atoms with Gasteiger partial charge in [-0.15, -0.1) is 11.3 Å². The van der Waals surface area contributed by atoms with Gasteiger partial charge in [0.05, 0.1) is 17.7 Å². The molecule has 4 saturated carbocycles. The molecule has 4 aliphatic carbocycles. The summed E-state index contributed by atoms with van der Waals surface area (Å²) < 4.78 is 0. The van der Waals surface area contributed by atoms with Crippen LogP contribution in [-0.4, -0.2) is 22.3 Å². The molecule has 5 nitrogen and oxygen atoms in total. The van der Waals surface area contributed by atoms with Crippen LogP contribution in [0.5, 0.6) is 0 Å². The minimum Gasteiger partial charge on any atom is -0.351 e. The van der Waals surface area contributed by atoms with E-state index in [2.05, 4.69) is 22.8 Å². The Morgan fingerprint density at radius 3 is 2.55 bits per heavy atom. The molecular weight excluding hydrogens is 382 g/mol. The number of nitrogens with zero attached hydrogens (tertiary/aromatic N) is 1. The number of rotatable bonds is 5. The van der Waals surface area contributed by atoms with Crippen molar-refractivity contribution in [1.82, 2.24) is 15.6 Å². The third kappa shape index (κ3) is 3.48. The van der Waals surface area contributed by atoms with Gasteiger partial charge in [-0.25, -0.2) is 4.98 Å². The van der Waals surface area contributed by atoms with Crippen LogP contribution in [0.4, 0.5) is 0 Å². The van der Waals surface area contributed by atoms with Crippen molar-refractivity contribution in [3.63, 3.8) is 0 Å². The van der Waals surface area contributed by atoms with Gasteiger partial charge in [0.1, 0.15) is 5.01 Å². The zero-order chi connectivity index (χ0) is 20.1. The summed E-state index contributed by atoms with van der Waals surface area (Å²) in [5.41, 5.74) is 1.51. The number of carbonyl (C=O) groups is 2. The predicted octanol–water partition coefficient (Wildman–Crippen LogP) is 3.90. The zero-order valence-electron chi connectivity index (χ0n) is 16.7. The molecule has 6 rings (SSSR count). The van der Waals surface area contributed by atoms with Crippen molar-refractivity contribution >= 4 is 23.2 Å². The van der Waals surface area contributed by atoms with E-state index in [-0.39, 0.29) is 22.8 Å². The largest absolute Gasteiger partial charge is 0.351 e. The van der Waals surface area contributed by atoms with Gasteiger partial charge >= 0.3 is 0 Å². The smallest absolute Gasteiger partial charge is 0.226 e. The fourth-order valence-electron chi connectivity index (χ4n) is 6.51. The number of hydrogen-bond acceptors (Lipinski definition) is 4. The molecule has 152 valence electrons. The molecule has 2 N–H and O–H groups in total. The van der Waals surface area contributed by atoms with Crippen LogP contribution in [-0.2, 0) is 16.1 Å². The molecule has 2 amide bonds. The highest BCUT2D eigenvalue weighted by Gasteiger charge is 2.60. The van der Waals surface area contributed by atoms with E-state index >= 15 is 0 Å². The molecule has 6 heteroatoms. The van der Waals surface area contributed by atoms with Crippen molar-refractivity contribution in [1.29, 1.82) is 0 Å². The fraction of sp³-hybridized carbons (Fsp3) is 0.522. The van der Waals surface area contributed by atoms with E-state index in [1.54, 1.807) is 18.3 Å². The lowest BCUT2D eigenvalue weighted by Gasteiger charge is -2.61. The molecule has 1 aromatic heterocycles. The summed E-state index contributed by atoms with van der Waals surface area (Å²) in [6, 6.07) is 10.1. The van der Waals surface area contributed by atoms with E-state index in [1.165, 1.54) is 6.42 Å². The van der Waals surface area contributed by atoms with Gasteiger partial charge in [-0.1, -0.05) is 30.3 Å². The van der Waals surface area contributed by atoms with Crippen LogP contribution in [0.15, 0.2) is 35.7 Å². The molecule has 4 atom stereocenters. The highest BCUT2D eigenvalue weighted by atomic mass is 32.1. The summed E-state index contributed by atoms with van der Waals surface area (Å²) in [5, 5.41) is 9.43. The summed E-state index contributed by atoms with van der Waals surface area (Å²) in [6.45, 7) is 2.06. The highest BCUT2D eigenvalue weighted by molar-refractivity contribution is 7.13. The van der Waals surface area contributed by atoms with Crippen molar-refractivity contribution in [2.45, 2.75) is 57.5 Å². The normalized spacial score (nSPS) is 32.2. The second kappa shape index (κ2) is 6.94. The Morgan fingerprint density at radius 1 is 1.14 bits per heavy atom. The Morgan fingerprint density at radius 2 is 1.86 bits per heavy atom. The summed E-state index contributed by atoms with van der Waals surface area (Å²) in [7, 11) is 0. The molecule has 29 heavy (non-hydrogen) atoms. The Kier molecular flexibility index (Phi) is 4.50. The predicted molar refractivity (Wildman–Crippen MR) is 113 cm³/mol. The zero-order valence-corrected chi connectivity index (χ0v) is 17.6. The van der Waals surface area contributed by atoms with Crippen molar-refractivity contribution in [3.8, 4) is 10.6 Å². The Hall–Kier alpha value is -2.21. The van der Waals surface area contributed by atoms with Crippen LogP contribution in [0, 0.1) is 17.3 Å². The first-order valence-corrected chi connectivity index (χ1v) is 11.4. The summed E-state index contributed by atoms with van der Waals surface area (Å²) in [5.74, 6) is 1.28. The van der Waals surface area contributed by atoms with Crippen LogP contribution in [0.3, 0.4) is 0 Å². The van der Waals surface area contributed by atoms with E-state index < -0.39 is 0 Å². The lowest BCUT2D eigenvalue weighted by molar-refractivity contribution is -0.153. The lowest BCUT2D eigenvalue weighted by atomic mass is 9.46. The Labute approximate surface area is 175 Å². The van der Waals surface area contributed by atoms with Gasteiger partial charge < -0.3 is 10.6 Å². The molecule has 1 aromatic carbocycles. The van der Waals surface area contributed by atoms with Crippen LogP contribution in [0.2, 0.25) is 0 Å². The Balaban J connectivity index is 1.29. The number of carbonyl (C=O) groups excluding carboxylic acids is 2. The first kappa shape index (κ1) is 18.8. The summed E-state index contributed by atoms with van der Waals surface area (Å²) >= 11 is 1.61. The van der Waals surface area contributed by atoms with Gasteiger partial charge in [0.25, 0.3) is 0 Å². The molecule has 2 aromatic rings. The number of benzene rings is 1. The second-order valence-corrected chi connectivity index (χ2v) is 10.3. The van der Waals surface area contributed by atoms with Gasteiger partial charge in [-0.05, 0) is 50.4 Å². The third-order valence-electron chi connectivity index (χ3n) is 6.99. The average molecular weight is 410 g/mol. The monoisotopic (exact) mass is 409 g/mol. The van der Waals surface area contributed by atoms with E-state index in [0.29, 0.717) is 18.4 Å². The molecule has 2 unspecified atom stereocenters. The topological polar surface area (TPSA) is 71.1 Å². The fourth-order valence-corrected chi connectivity index (χ4v) is 7.33. The first-order valence-electron chi connectivity index (χ1n) is 10.5. The minimum absolute atomic E-state index is 0.0263. The molecule has 4 aliphatic rings. The Bertz CT molecular complexity index is 925. The van der Waals surface area contributed by atoms with E-state index in [0.717, 1.165) is 48.4 Å². The SMILES string of the molecule is CC(=O)NC12C[C@H]3C[C@@H](C1)CC(C(=O)NCc1csc(-c4ccccc4)n1)(C3)C2. The third-order valence-corrected chi connectivity index (χ3v) is 7.93. The molecule has 0 aliphatic heterocycles. The number of nitrogens with one attached hydrogen (secondary N) is 2. The van der Waals surface area contributed by atoms with E-state index in [9.17, 15) is 9.59 Å². The van der Waals surface area contributed by atoms with E-state index in [4.69, 9.17) is 4.98 Å². The van der Waals surface area contributed by atoms with Crippen molar-refractivity contribution in [2.75, 3.05) is 0 Å². The maximum Gasteiger partial charge on any atom is 0.226 e. The van der Waals surface area contributed by atoms with Gasteiger partial charge in [0.2, 0.25) is 11.8 Å². The van der Waals surface area contributed by atoms with Crippen LogP contribution in [0.1, 0.15) is 51.1 Å². The maximum atomic E-state index is 13.3. The van der Waals surface area contributed by atoms with Crippen LogP contribution in [0.25, 0.3) is 10.6 Å². The second-order valence-electron chi connectivity index (χ2n) is 9.40. The number of amides is 2. The summed E-state index contributed by atoms with van der Waals surface area (Å²) in [4.78, 5) is 29.8. The molecule has 0 spiro atoms. The molecule has 0 radical (unpaired) electrons. The van der Waals surface area contributed by atoms with E-state index in [1.807, 2.05) is 23.6 Å². The van der Waals surface area contributed by atoms with Crippen molar-refractivity contribution < 1.29 is 9.59 Å². The standard InChI is InChI=1S/C23H27N3O2S/c1-15(27)26-23-10-16-7-17(11-23)9-22(8-16,14-23)21(28)24-12-19-13-29-20(25-19)18-5-3-2-4-6-18/h2-6,13,16-17H,7-12,14H2,1H3,(H,24,28)(H,26,27)/t16-,17+,22?,23?. The minimum atomic E-state index is -0.329. The maximum absolute atomic E-state index is 13.3. The molecule has 4 fully saturated rings. The summed E-state index contributed by atoms with van der Waals surface area (Å²) in [6.07, 6.45) is 5.98. The van der Waals surface area contributed by atoms with Gasteiger partial charge in [-0.3, -0.25) is 9.59 Å². The molecular formula is C23H27N3O2S. The highest BCUT2D eigenvalue weighted by Crippen LogP contribution is 2.61. The number of hydrogen-bond donors (Lipinski definition) is 2. The molecule has 4 bridgehead atoms. The van der Waals surface area contributed by atoms with Gasteiger partial charge in [0, 0.05) is 23.4 Å². The number of aromatic nitrogens is 1. The molecule has 1 heterocycles. The van der Waals surface area contributed by atoms with Crippen molar-refractivity contribution in [2.24, 2.45) is 17.3 Å². The van der Waals surface area contributed by atoms with Crippen LogP contribution < -0.4 is 10.6 Å². The van der Waals surface area contributed by atoms with Gasteiger partial charge in [-0.2, -0.15) is 0 Å². The lowest BCUT2D eigenvalue weighted by Crippen LogP contribution is -2.65. The average Bonchev–Trinajstić information content (AvgIpc) is 3.14. The van der Waals surface area contributed by atoms with Crippen LogP contribution >= 0.6 is 11.3 Å². The quantitative estimate of drug-likeness (QED) is 0.787. The molecule has 0 saturated heterocycles. The first-order chi connectivity index (χ1) is 14.0.